The van der Waals surface area contributed by atoms with E-state index >= 15 is 0 Å². The molecule has 1 unspecified atom stereocenters. The van der Waals surface area contributed by atoms with Gasteiger partial charge in [0.05, 0.1) is 11.7 Å². The molecule has 2 saturated heterocycles. The van der Waals surface area contributed by atoms with Crippen LogP contribution < -0.4 is 10.6 Å². The molecule has 6 heteroatoms. The number of likely N-dealkylation sites (tertiary alicyclic amines) is 1. The van der Waals surface area contributed by atoms with Crippen LogP contribution in [-0.2, 0) is 4.79 Å². The lowest BCUT2D eigenvalue weighted by atomic mass is 9.95. The van der Waals surface area contributed by atoms with Gasteiger partial charge in [-0.25, -0.2) is 0 Å². The van der Waals surface area contributed by atoms with Gasteiger partial charge in [-0.2, -0.15) is 0 Å². The highest BCUT2D eigenvalue weighted by Gasteiger charge is 2.53. The molecule has 5 nitrogen and oxygen atoms in total. The number of nitrogens with zero attached hydrogens (tertiary/aromatic N) is 2. The fraction of sp³-hybridized carbons (Fsp3) is 0.882. The average molecular weight is 339 g/mol. The van der Waals surface area contributed by atoms with Gasteiger partial charge in [0.1, 0.15) is 0 Å². The number of carbonyl (C=O) groups is 1. The van der Waals surface area contributed by atoms with Gasteiger partial charge in [-0.05, 0) is 43.8 Å². The average Bonchev–Trinajstić information content (AvgIpc) is 3.30. The first-order chi connectivity index (χ1) is 11.0. The highest BCUT2D eigenvalue weighted by Crippen LogP contribution is 2.38. The maximum Gasteiger partial charge on any atom is 0.241 e. The second-order valence-corrected chi connectivity index (χ2v) is 8.00. The van der Waals surface area contributed by atoms with Gasteiger partial charge in [-0.3, -0.25) is 10.1 Å². The summed E-state index contributed by atoms with van der Waals surface area (Å²) in [5.41, 5.74) is -0.146. The molecule has 0 aromatic rings. The molecule has 1 amide bonds. The summed E-state index contributed by atoms with van der Waals surface area (Å²) in [5, 5.41) is 7.80. The first-order valence-corrected chi connectivity index (χ1v) is 9.49. The zero-order valence-electron chi connectivity index (χ0n) is 14.6. The summed E-state index contributed by atoms with van der Waals surface area (Å²) in [6.45, 7) is 9.97. The Kier molecular flexibility index (Phi) is 4.83. The van der Waals surface area contributed by atoms with Gasteiger partial charge >= 0.3 is 0 Å². The maximum absolute atomic E-state index is 12.9. The number of nitrogens with one attached hydrogen (secondary N) is 2. The number of piperidine rings is 1. The summed E-state index contributed by atoms with van der Waals surface area (Å²) in [4.78, 5) is 17.3. The van der Waals surface area contributed by atoms with Crippen LogP contribution in [-0.4, -0.2) is 58.7 Å². The molecule has 1 aliphatic carbocycles. The van der Waals surface area contributed by atoms with Gasteiger partial charge in [0.2, 0.25) is 5.91 Å². The molecule has 0 bridgehead atoms. The number of rotatable bonds is 4. The van der Waals surface area contributed by atoms with E-state index in [0.29, 0.717) is 11.8 Å². The maximum atomic E-state index is 12.9. The first-order valence-electron chi connectivity index (χ1n) is 9.09. The normalized spacial score (nSPS) is 27.1. The largest absolute Gasteiger partial charge is 0.363 e. The Labute approximate surface area is 145 Å². The second kappa shape index (κ2) is 6.55. The molecule has 1 atom stereocenters. The monoisotopic (exact) mass is 338 g/mol. The Hall–Kier alpha value is -0.880. The molecule has 1 spiro atoms. The molecule has 3 aliphatic rings. The van der Waals surface area contributed by atoms with Crippen molar-refractivity contribution in [2.45, 2.75) is 58.2 Å². The minimum absolute atomic E-state index is 0.0268. The van der Waals surface area contributed by atoms with E-state index in [2.05, 4.69) is 41.2 Å². The number of hydrogen-bond acceptors (Lipinski definition) is 3. The molecule has 2 aliphatic heterocycles. The molecule has 0 aromatic heterocycles. The fourth-order valence-corrected chi connectivity index (χ4v) is 4.17. The molecular weight excluding hydrogens is 308 g/mol. The van der Waals surface area contributed by atoms with E-state index in [1.165, 1.54) is 12.8 Å². The molecule has 1 saturated carbocycles. The highest BCUT2D eigenvalue weighted by atomic mass is 32.1. The zero-order chi connectivity index (χ0) is 16.6. The van der Waals surface area contributed by atoms with Crippen LogP contribution in [0.15, 0.2) is 0 Å². The third-order valence-electron chi connectivity index (χ3n) is 5.48. The number of thiocarbonyl (C=S) groups is 1. The summed E-state index contributed by atoms with van der Waals surface area (Å²) in [6, 6.07) is -0.0268. The van der Waals surface area contributed by atoms with Crippen molar-refractivity contribution in [3.05, 3.63) is 0 Å². The van der Waals surface area contributed by atoms with Crippen LogP contribution >= 0.6 is 12.2 Å². The van der Waals surface area contributed by atoms with Gasteiger partial charge in [0.15, 0.2) is 5.11 Å². The Morgan fingerprint density at radius 2 is 2.04 bits per heavy atom. The van der Waals surface area contributed by atoms with Crippen molar-refractivity contribution in [1.29, 1.82) is 0 Å². The third-order valence-corrected chi connectivity index (χ3v) is 5.89. The van der Waals surface area contributed by atoms with Gasteiger partial charge in [0, 0.05) is 39.0 Å². The molecule has 23 heavy (non-hydrogen) atoms. The van der Waals surface area contributed by atoms with E-state index in [9.17, 15) is 4.79 Å². The minimum Gasteiger partial charge on any atom is -0.363 e. The Balaban J connectivity index is 1.71. The minimum atomic E-state index is -0.146. The lowest BCUT2D eigenvalue weighted by molar-refractivity contribution is -0.134. The first kappa shape index (κ1) is 17.0. The van der Waals surface area contributed by atoms with Crippen LogP contribution in [0.3, 0.4) is 0 Å². The lowest BCUT2D eigenvalue weighted by Gasteiger charge is -2.45. The highest BCUT2D eigenvalue weighted by molar-refractivity contribution is 7.80. The van der Waals surface area contributed by atoms with E-state index in [-0.39, 0.29) is 11.7 Å². The predicted molar refractivity (Wildman–Crippen MR) is 96.0 cm³/mol. The van der Waals surface area contributed by atoms with Crippen LogP contribution in [0.4, 0.5) is 0 Å². The predicted octanol–water partition coefficient (Wildman–Crippen LogP) is 1.54. The topological polar surface area (TPSA) is 47.6 Å². The summed E-state index contributed by atoms with van der Waals surface area (Å²) < 4.78 is 0. The molecule has 0 aromatic carbocycles. The van der Waals surface area contributed by atoms with Crippen LogP contribution in [0.1, 0.15) is 46.5 Å². The summed E-state index contributed by atoms with van der Waals surface area (Å²) in [6.07, 6.45) is 4.48. The molecule has 2 heterocycles. The van der Waals surface area contributed by atoms with Crippen molar-refractivity contribution in [2.24, 2.45) is 11.8 Å². The molecule has 3 fully saturated rings. The SMILES string of the molecule is CCNC(=S)N1CCC2(CC1)NC(C(C)C)C(=O)N2CC1CC1. The smallest absolute Gasteiger partial charge is 0.241 e. The van der Waals surface area contributed by atoms with Gasteiger partial charge in [-0.15, -0.1) is 0 Å². The van der Waals surface area contributed by atoms with Crippen molar-refractivity contribution < 1.29 is 4.79 Å². The van der Waals surface area contributed by atoms with Crippen molar-refractivity contribution >= 4 is 23.2 Å². The van der Waals surface area contributed by atoms with Gasteiger partial charge < -0.3 is 15.1 Å². The van der Waals surface area contributed by atoms with Crippen LogP contribution in [0.2, 0.25) is 0 Å². The number of hydrogen-bond donors (Lipinski definition) is 2. The van der Waals surface area contributed by atoms with Gasteiger partial charge in [-0.1, -0.05) is 13.8 Å². The van der Waals surface area contributed by atoms with Crippen molar-refractivity contribution in [2.75, 3.05) is 26.2 Å². The van der Waals surface area contributed by atoms with Crippen molar-refractivity contribution in [1.82, 2.24) is 20.4 Å². The van der Waals surface area contributed by atoms with E-state index < -0.39 is 0 Å². The van der Waals surface area contributed by atoms with Crippen molar-refractivity contribution in [3.63, 3.8) is 0 Å². The fourth-order valence-electron chi connectivity index (χ4n) is 3.84. The van der Waals surface area contributed by atoms with Crippen LogP contribution in [0.5, 0.6) is 0 Å². The van der Waals surface area contributed by atoms with E-state index in [1.54, 1.807) is 0 Å². The van der Waals surface area contributed by atoms with Gasteiger partial charge in [0.25, 0.3) is 0 Å². The number of carbonyl (C=O) groups excluding carboxylic acids is 1. The molecular formula is C17H30N4OS. The Morgan fingerprint density at radius 3 is 2.57 bits per heavy atom. The standard InChI is InChI=1S/C17H30N4OS/c1-4-18-16(23)20-9-7-17(8-10-20)19-14(12(2)3)15(22)21(17)11-13-5-6-13/h12-14,19H,4-11H2,1-3H3,(H,18,23). The third kappa shape index (κ3) is 3.33. The van der Waals surface area contributed by atoms with E-state index in [1.807, 2.05) is 0 Å². The van der Waals surface area contributed by atoms with Crippen LogP contribution in [0.25, 0.3) is 0 Å². The Bertz CT molecular complexity index is 469. The molecule has 3 rings (SSSR count). The van der Waals surface area contributed by atoms with Crippen LogP contribution in [0, 0.1) is 11.8 Å². The van der Waals surface area contributed by atoms with Crippen molar-refractivity contribution in [3.8, 4) is 0 Å². The summed E-state index contributed by atoms with van der Waals surface area (Å²) in [7, 11) is 0. The molecule has 130 valence electrons. The Morgan fingerprint density at radius 1 is 1.39 bits per heavy atom. The molecule has 2 N–H and O–H groups in total. The van der Waals surface area contributed by atoms with E-state index in [4.69, 9.17) is 12.2 Å². The lowest BCUT2D eigenvalue weighted by Crippen LogP contribution is -2.60. The van der Waals surface area contributed by atoms with E-state index in [0.717, 1.165) is 50.1 Å². The quantitative estimate of drug-likeness (QED) is 0.762. The molecule has 0 radical (unpaired) electrons. The number of amides is 1. The summed E-state index contributed by atoms with van der Waals surface area (Å²) in [5.74, 6) is 1.38. The summed E-state index contributed by atoms with van der Waals surface area (Å²) >= 11 is 5.45. The second-order valence-electron chi connectivity index (χ2n) is 7.61. The zero-order valence-corrected chi connectivity index (χ0v) is 15.4.